The molecule has 0 aliphatic carbocycles. The topological polar surface area (TPSA) is 36.3 Å². The van der Waals surface area contributed by atoms with Crippen LogP contribution in [0.2, 0.25) is 0 Å². The van der Waals surface area contributed by atoms with Gasteiger partial charge >= 0.3 is 0 Å². The fourth-order valence-corrected chi connectivity index (χ4v) is 2.62. The third-order valence-corrected chi connectivity index (χ3v) is 3.72. The molecule has 0 radical (unpaired) electrons. The highest BCUT2D eigenvalue weighted by atomic mass is 16.5. The Kier molecular flexibility index (Phi) is 5.27. The summed E-state index contributed by atoms with van der Waals surface area (Å²) in [6.45, 7) is 4.89. The second-order valence-electron chi connectivity index (χ2n) is 5.32. The van der Waals surface area contributed by atoms with Gasteiger partial charge in [-0.1, -0.05) is 30.3 Å². The summed E-state index contributed by atoms with van der Waals surface area (Å²) in [5, 5.41) is 0. The summed E-state index contributed by atoms with van der Waals surface area (Å²) in [7, 11) is 0. The van der Waals surface area contributed by atoms with Crippen LogP contribution in [0.15, 0.2) is 54.6 Å². The number of para-hydroxylation sites is 3. The summed E-state index contributed by atoms with van der Waals surface area (Å²) >= 11 is 0. The number of aromatic nitrogens is 2. The van der Waals surface area contributed by atoms with Crippen LogP contribution >= 0.6 is 0 Å². The van der Waals surface area contributed by atoms with Crippen molar-refractivity contribution in [3.8, 4) is 5.75 Å². The van der Waals surface area contributed by atoms with Crippen molar-refractivity contribution in [3.05, 3.63) is 60.4 Å². The maximum Gasteiger partial charge on any atom is 0.147 e. The smallest absolute Gasteiger partial charge is 0.147 e. The Morgan fingerprint density at radius 2 is 1.78 bits per heavy atom. The molecule has 4 heteroatoms. The lowest BCUT2D eigenvalue weighted by Gasteiger charge is -2.10. The third kappa shape index (κ3) is 3.90. The van der Waals surface area contributed by atoms with E-state index in [1.165, 1.54) is 0 Å². The molecule has 3 rings (SSSR count). The minimum absolute atomic E-state index is 0.466. The van der Waals surface area contributed by atoms with Crippen molar-refractivity contribution < 1.29 is 9.47 Å². The minimum atomic E-state index is 0.466. The molecule has 2 aromatic carbocycles. The van der Waals surface area contributed by atoms with Crippen LogP contribution < -0.4 is 4.74 Å². The van der Waals surface area contributed by atoms with Crippen LogP contribution in [-0.2, 0) is 17.9 Å². The van der Waals surface area contributed by atoms with Gasteiger partial charge in [0.15, 0.2) is 0 Å². The predicted molar refractivity (Wildman–Crippen MR) is 91.6 cm³/mol. The van der Waals surface area contributed by atoms with Crippen molar-refractivity contribution in [2.75, 3.05) is 13.2 Å². The quantitative estimate of drug-likeness (QED) is 0.589. The number of aryl methyl sites for hydroxylation is 1. The van der Waals surface area contributed by atoms with E-state index in [9.17, 15) is 0 Å². The van der Waals surface area contributed by atoms with Gasteiger partial charge in [-0.2, -0.15) is 0 Å². The van der Waals surface area contributed by atoms with Gasteiger partial charge in [-0.25, -0.2) is 4.98 Å². The van der Waals surface area contributed by atoms with E-state index in [0.717, 1.165) is 48.8 Å². The van der Waals surface area contributed by atoms with Crippen molar-refractivity contribution in [1.82, 2.24) is 9.55 Å². The maximum absolute atomic E-state index is 5.88. The summed E-state index contributed by atoms with van der Waals surface area (Å²) < 4.78 is 13.6. The predicted octanol–water partition coefficient (Wildman–Crippen LogP) is 4.04. The second-order valence-corrected chi connectivity index (χ2v) is 5.32. The highest BCUT2D eigenvalue weighted by molar-refractivity contribution is 5.75. The number of imidazole rings is 1. The van der Waals surface area contributed by atoms with Gasteiger partial charge in [-0.15, -0.1) is 0 Å². The fraction of sp³-hybridized carbons (Fsp3) is 0.316. The number of hydrogen-bond donors (Lipinski definition) is 0. The molecule has 0 fully saturated rings. The molecule has 0 spiro atoms. The summed E-state index contributed by atoms with van der Waals surface area (Å²) in [4.78, 5) is 4.72. The van der Waals surface area contributed by atoms with Gasteiger partial charge in [0.25, 0.3) is 0 Å². The van der Waals surface area contributed by atoms with Gasteiger partial charge in [-0.3, -0.25) is 0 Å². The van der Waals surface area contributed by atoms with Gasteiger partial charge in [-0.05, 0) is 37.6 Å². The van der Waals surface area contributed by atoms with E-state index >= 15 is 0 Å². The molecule has 0 amide bonds. The molecule has 0 saturated carbocycles. The Morgan fingerprint density at radius 3 is 2.61 bits per heavy atom. The normalized spacial score (nSPS) is 11.0. The average Bonchev–Trinajstić information content (AvgIpc) is 2.95. The van der Waals surface area contributed by atoms with E-state index in [1.54, 1.807) is 0 Å². The van der Waals surface area contributed by atoms with Crippen molar-refractivity contribution in [2.24, 2.45) is 0 Å². The Balaban J connectivity index is 1.77. The molecule has 0 N–H and O–H groups in total. The van der Waals surface area contributed by atoms with E-state index in [0.29, 0.717) is 6.61 Å². The molecule has 0 aliphatic rings. The zero-order valence-electron chi connectivity index (χ0n) is 13.4. The first-order valence-corrected chi connectivity index (χ1v) is 8.08. The molecule has 23 heavy (non-hydrogen) atoms. The van der Waals surface area contributed by atoms with E-state index in [-0.39, 0.29) is 0 Å². The Bertz CT molecular complexity index is 737. The molecular formula is C19H22N2O2. The summed E-state index contributed by atoms with van der Waals surface area (Å²) in [5.41, 5.74) is 2.16. The third-order valence-electron chi connectivity index (χ3n) is 3.72. The molecule has 0 unspecified atom stereocenters. The van der Waals surface area contributed by atoms with Crippen LogP contribution in [0.3, 0.4) is 0 Å². The lowest BCUT2D eigenvalue weighted by molar-refractivity contribution is 0.141. The van der Waals surface area contributed by atoms with Gasteiger partial charge in [0, 0.05) is 19.8 Å². The van der Waals surface area contributed by atoms with Crippen molar-refractivity contribution >= 4 is 11.0 Å². The number of benzene rings is 2. The number of fused-ring (bicyclic) bond motifs is 1. The second kappa shape index (κ2) is 7.79. The summed E-state index contributed by atoms with van der Waals surface area (Å²) in [6, 6.07) is 18.1. The monoisotopic (exact) mass is 310 g/mol. The fourth-order valence-electron chi connectivity index (χ4n) is 2.62. The van der Waals surface area contributed by atoms with Crippen LogP contribution in [0.5, 0.6) is 5.75 Å². The molecule has 0 saturated heterocycles. The minimum Gasteiger partial charge on any atom is -0.486 e. The summed E-state index contributed by atoms with van der Waals surface area (Å²) in [6.07, 6.45) is 0.965. The lowest BCUT2D eigenvalue weighted by Crippen LogP contribution is -2.09. The molecule has 1 aromatic heterocycles. The van der Waals surface area contributed by atoms with Gasteiger partial charge in [0.05, 0.1) is 11.0 Å². The highest BCUT2D eigenvalue weighted by Crippen LogP contribution is 2.18. The molecule has 4 nitrogen and oxygen atoms in total. The number of nitrogens with zero attached hydrogens (tertiary/aromatic N) is 2. The number of hydrogen-bond acceptors (Lipinski definition) is 3. The van der Waals surface area contributed by atoms with Crippen LogP contribution in [-0.4, -0.2) is 22.8 Å². The first-order valence-electron chi connectivity index (χ1n) is 8.08. The van der Waals surface area contributed by atoms with Gasteiger partial charge in [0.2, 0.25) is 0 Å². The molecule has 0 bridgehead atoms. The van der Waals surface area contributed by atoms with Crippen LogP contribution in [0.25, 0.3) is 11.0 Å². The van der Waals surface area contributed by atoms with Crippen molar-refractivity contribution in [2.45, 2.75) is 26.5 Å². The molecule has 120 valence electrons. The maximum atomic E-state index is 5.88. The van der Waals surface area contributed by atoms with Gasteiger partial charge < -0.3 is 14.0 Å². The average molecular weight is 310 g/mol. The first kappa shape index (κ1) is 15.6. The van der Waals surface area contributed by atoms with Gasteiger partial charge in [0.1, 0.15) is 18.2 Å². The lowest BCUT2D eigenvalue weighted by atomic mass is 10.3. The van der Waals surface area contributed by atoms with E-state index in [4.69, 9.17) is 14.5 Å². The van der Waals surface area contributed by atoms with E-state index in [1.807, 2.05) is 55.5 Å². The molecule has 1 heterocycles. The zero-order chi connectivity index (χ0) is 15.9. The highest BCUT2D eigenvalue weighted by Gasteiger charge is 2.10. The van der Waals surface area contributed by atoms with Crippen molar-refractivity contribution in [1.29, 1.82) is 0 Å². The van der Waals surface area contributed by atoms with Crippen LogP contribution in [0.1, 0.15) is 19.2 Å². The van der Waals surface area contributed by atoms with Crippen LogP contribution in [0, 0.1) is 0 Å². The molecular weight excluding hydrogens is 288 g/mol. The standard InChI is InChI=1S/C19H22N2O2/c1-2-22-14-8-13-21-18-12-7-6-11-17(18)20-19(21)15-23-16-9-4-3-5-10-16/h3-7,9-12H,2,8,13-15H2,1H3. The van der Waals surface area contributed by atoms with Crippen LogP contribution in [0.4, 0.5) is 0 Å². The molecule has 0 atom stereocenters. The largest absolute Gasteiger partial charge is 0.486 e. The molecule has 3 aromatic rings. The van der Waals surface area contributed by atoms with E-state index in [2.05, 4.69) is 10.6 Å². The van der Waals surface area contributed by atoms with E-state index < -0.39 is 0 Å². The zero-order valence-corrected chi connectivity index (χ0v) is 13.4. The number of ether oxygens (including phenoxy) is 2. The molecule has 0 aliphatic heterocycles. The SMILES string of the molecule is CCOCCCn1c(COc2ccccc2)nc2ccccc21. The number of rotatable bonds is 8. The Labute approximate surface area is 136 Å². The summed E-state index contributed by atoms with van der Waals surface area (Å²) in [5.74, 6) is 1.81. The Morgan fingerprint density at radius 1 is 1.00 bits per heavy atom. The first-order chi connectivity index (χ1) is 11.4. The van der Waals surface area contributed by atoms with Crippen molar-refractivity contribution in [3.63, 3.8) is 0 Å². The Hall–Kier alpha value is -2.33.